The van der Waals surface area contributed by atoms with Gasteiger partial charge < -0.3 is 0 Å². The highest BCUT2D eigenvalue weighted by Crippen LogP contribution is 2.86. The Bertz CT molecular complexity index is 376. The molecule has 2 unspecified atom stereocenters. The molecule has 1 nitrogen and oxygen atoms in total. The molecule has 0 saturated heterocycles. The van der Waals surface area contributed by atoms with Gasteiger partial charge in [-0.1, -0.05) is 19.4 Å². The fourth-order valence-electron chi connectivity index (χ4n) is 5.10. The standard InChI is InChI=1S/C15H22O/c1-9(2)5-11(16)8-14(3)10-6-12-13(7-10)15(12,14)4/h5,10,12-13H,6-8H2,1-4H3/t10?,12-,13+,14-,15?/m0/s1. The van der Waals surface area contributed by atoms with E-state index in [4.69, 9.17) is 0 Å². The molecule has 4 aliphatic carbocycles. The van der Waals surface area contributed by atoms with Gasteiger partial charge in [0.2, 0.25) is 0 Å². The summed E-state index contributed by atoms with van der Waals surface area (Å²) in [5.74, 6) is 3.10. The topological polar surface area (TPSA) is 17.1 Å². The van der Waals surface area contributed by atoms with Gasteiger partial charge in [-0.05, 0) is 61.3 Å². The Morgan fingerprint density at radius 1 is 1.25 bits per heavy atom. The highest BCUT2D eigenvalue weighted by molar-refractivity contribution is 5.91. The van der Waals surface area contributed by atoms with Gasteiger partial charge in [0.05, 0.1) is 0 Å². The second-order valence-corrected chi connectivity index (χ2v) is 6.95. The molecule has 0 heterocycles. The van der Waals surface area contributed by atoms with Crippen LogP contribution < -0.4 is 0 Å². The minimum absolute atomic E-state index is 0.311. The maximum absolute atomic E-state index is 12.0. The highest BCUT2D eigenvalue weighted by Gasteiger charge is 2.81. The number of carbonyl (C=O) groups is 1. The van der Waals surface area contributed by atoms with Crippen LogP contribution in [0.1, 0.15) is 47.0 Å². The molecule has 0 aromatic carbocycles. The van der Waals surface area contributed by atoms with Gasteiger partial charge in [0.1, 0.15) is 0 Å². The smallest absolute Gasteiger partial charge is 0.156 e. The maximum Gasteiger partial charge on any atom is 0.156 e. The van der Waals surface area contributed by atoms with Crippen molar-refractivity contribution >= 4 is 5.78 Å². The maximum atomic E-state index is 12.0. The van der Waals surface area contributed by atoms with Crippen molar-refractivity contribution in [1.29, 1.82) is 0 Å². The van der Waals surface area contributed by atoms with E-state index in [1.807, 2.05) is 19.9 Å². The van der Waals surface area contributed by atoms with Crippen molar-refractivity contribution in [2.45, 2.75) is 47.0 Å². The lowest BCUT2D eigenvalue weighted by atomic mass is 9.70. The molecule has 0 aromatic heterocycles. The van der Waals surface area contributed by atoms with E-state index in [1.54, 1.807) is 0 Å². The zero-order chi connectivity index (χ0) is 11.7. The van der Waals surface area contributed by atoms with E-state index in [-0.39, 0.29) is 0 Å². The Balaban J connectivity index is 1.81. The zero-order valence-corrected chi connectivity index (χ0v) is 10.8. The lowest BCUT2D eigenvalue weighted by Crippen LogP contribution is -2.29. The van der Waals surface area contributed by atoms with Gasteiger partial charge in [0, 0.05) is 6.42 Å². The largest absolute Gasteiger partial charge is 0.295 e. The predicted octanol–water partition coefficient (Wildman–Crippen LogP) is 3.59. The Labute approximate surface area is 98.3 Å². The normalized spacial score (nSPS) is 51.6. The SMILES string of the molecule is CC(C)=CC(=O)C[C@@]1(C)C2C[C@@H]3[C@H](C2)C31C. The number of hydrogen-bond donors (Lipinski definition) is 0. The fraction of sp³-hybridized carbons (Fsp3) is 0.800. The van der Waals surface area contributed by atoms with Crippen LogP contribution in [0.4, 0.5) is 0 Å². The molecule has 88 valence electrons. The van der Waals surface area contributed by atoms with Crippen molar-refractivity contribution in [2.24, 2.45) is 28.6 Å². The van der Waals surface area contributed by atoms with E-state index in [0.29, 0.717) is 16.6 Å². The van der Waals surface area contributed by atoms with Crippen molar-refractivity contribution in [3.05, 3.63) is 11.6 Å². The van der Waals surface area contributed by atoms with E-state index < -0.39 is 0 Å². The summed E-state index contributed by atoms with van der Waals surface area (Å²) in [7, 11) is 0. The number of rotatable bonds is 3. The highest BCUT2D eigenvalue weighted by atomic mass is 16.1. The second-order valence-electron chi connectivity index (χ2n) is 6.95. The van der Waals surface area contributed by atoms with Gasteiger partial charge in [-0.15, -0.1) is 0 Å². The molecule has 1 heteroatoms. The number of ketones is 1. The lowest BCUT2D eigenvalue weighted by molar-refractivity contribution is -0.117. The third kappa shape index (κ3) is 1.00. The van der Waals surface area contributed by atoms with Gasteiger partial charge in [-0.25, -0.2) is 0 Å². The van der Waals surface area contributed by atoms with Crippen LogP contribution in [0.5, 0.6) is 0 Å². The van der Waals surface area contributed by atoms with Gasteiger partial charge in [-0.3, -0.25) is 4.79 Å². The Morgan fingerprint density at radius 2 is 1.81 bits per heavy atom. The van der Waals surface area contributed by atoms with Gasteiger partial charge >= 0.3 is 0 Å². The minimum Gasteiger partial charge on any atom is -0.295 e. The first-order valence-corrected chi connectivity index (χ1v) is 6.57. The van der Waals surface area contributed by atoms with Crippen LogP contribution in [0, 0.1) is 28.6 Å². The summed E-state index contributed by atoms with van der Waals surface area (Å²) >= 11 is 0. The first-order valence-electron chi connectivity index (χ1n) is 6.57. The molecule has 4 fully saturated rings. The Kier molecular flexibility index (Phi) is 1.85. The van der Waals surface area contributed by atoms with Gasteiger partial charge in [0.25, 0.3) is 0 Å². The van der Waals surface area contributed by atoms with Gasteiger partial charge in [-0.2, -0.15) is 0 Å². The predicted molar refractivity (Wildman–Crippen MR) is 65.0 cm³/mol. The molecule has 16 heavy (non-hydrogen) atoms. The zero-order valence-electron chi connectivity index (χ0n) is 10.8. The van der Waals surface area contributed by atoms with Crippen molar-refractivity contribution in [2.75, 3.05) is 0 Å². The fourth-order valence-corrected chi connectivity index (χ4v) is 5.10. The summed E-state index contributed by atoms with van der Waals surface area (Å²) in [6.07, 6.45) is 5.42. The van der Waals surface area contributed by atoms with Crippen molar-refractivity contribution in [1.82, 2.24) is 0 Å². The molecule has 0 spiro atoms. The molecule has 0 amide bonds. The molecule has 4 saturated carbocycles. The van der Waals surface area contributed by atoms with Crippen LogP contribution in [0.15, 0.2) is 11.6 Å². The summed E-state index contributed by atoms with van der Waals surface area (Å²) in [5, 5.41) is 0. The summed E-state index contributed by atoms with van der Waals surface area (Å²) < 4.78 is 0. The molecule has 0 aromatic rings. The Hall–Kier alpha value is -0.590. The van der Waals surface area contributed by atoms with Crippen molar-refractivity contribution in [3.63, 3.8) is 0 Å². The summed E-state index contributed by atoms with van der Waals surface area (Å²) in [5.41, 5.74) is 1.96. The quantitative estimate of drug-likeness (QED) is 0.662. The van der Waals surface area contributed by atoms with Crippen LogP contribution in [0.2, 0.25) is 0 Å². The first kappa shape index (κ1) is 10.6. The molecule has 4 aliphatic rings. The average molecular weight is 218 g/mol. The third-order valence-electron chi connectivity index (χ3n) is 6.12. The summed E-state index contributed by atoms with van der Waals surface area (Å²) in [6.45, 7) is 8.83. The van der Waals surface area contributed by atoms with E-state index in [0.717, 1.165) is 29.7 Å². The van der Waals surface area contributed by atoms with Crippen molar-refractivity contribution in [3.8, 4) is 0 Å². The van der Waals surface area contributed by atoms with E-state index in [1.165, 1.54) is 12.8 Å². The summed E-state index contributed by atoms with van der Waals surface area (Å²) in [6, 6.07) is 0. The minimum atomic E-state index is 0.311. The van der Waals surface area contributed by atoms with Crippen LogP contribution >= 0.6 is 0 Å². The number of allylic oxidation sites excluding steroid dienone is 2. The monoisotopic (exact) mass is 218 g/mol. The van der Waals surface area contributed by atoms with Crippen LogP contribution in [0.25, 0.3) is 0 Å². The molecular formula is C15H22O. The molecule has 0 N–H and O–H groups in total. The van der Waals surface area contributed by atoms with Crippen molar-refractivity contribution < 1.29 is 4.79 Å². The number of carbonyl (C=O) groups excluding carboxylic acids is 1. The molecule has 4 rings (SSSR count). The van der Waals surface area contributed by atoms with E-state index in [9.17, 15) is 4.79 Å². The summed E-state index contributed by atoms with van der Waals surface area (Å²) in [4.78, 5) is 12.0. The van der Waals surface area contributed by atoms with Crippen LogP contribution in [-0.4, -0.2) is 5.78 Å². The molecule has 5 atom stereocenters. The average Bonchev–Trinajstić information content (AvgIpc) is 2.49. The van der Waals surface area contributed by atoms with E-state index >= 15 is 0 Å². The third-order valence-corrected chi connectivity index (χ3v) is 6.12. The van der Waals surface area contributed by atoms with Crippen LogP contribution in [0.3, 0.4) is 0 Å². The van der Waals surface area contributed by atoms with E-state index in [2.05, 4.69) is 13.8 Å². The molecule has 0 radical (unpaired) electrons. The van der Waals surface area contributed by atoms with Crippen LogP contribution in [-0.2, 0) is 4.79 Å². The second kappa shape index (κ2) is 2.80. The Morgan fingerprint density at radius 3 is 2.19 bits per heavy atom. The molecule has 4 bridgehead atoms. The lowest BCUT2D eigenvalue weighted by Gasteiger charge is -2.33. The molecule has 0 aliphatic heterocycles. The first-order chi connectivity index (χ1) is 7.39. The van der Waals surface area contributed by atoms with Gasteiger partial charge in [0.15, 0.2) is 5.78 Å². The number of hydrogen-bond acceptors (Lipinski definition) is 1. The molecular weight excluding hydrogens is 196 g/mol.